The van der Waals surface area contributed by atoms with Gasteiger partial charge in [0.25, 0.3) is 10.0 Å². The van der Waals surface area contributed by atoms with Crippen LogP contribution in [0.4, 0.5) is 5.69 Å². The van der Waals surface area contributed by atoms with Crippen LogP contribution in [-0.4, -0.2) is 46.5 Å². The fourth-order valence-corrected chi connectivity index (χ4v) is 4.09. The molecule has 0 atom stereocenters. The summed E-state index contributed by atoms with van der Waals surface area (Å²) in [6.45, 7) is 0.150. The SMILES string of the molecule is COc1ccccc1N(CC(=O)NCCSC)S(=O)(=O)c1ccccc1. The molecule has 6 nitrogen and oxygen atoms in total. The Morgan fingerprint density at radius 2 is 1.77 bits per heavy atom. The van der Waals surface area contributed by atoms with E-state index in [0.717, 1.165) is 10.1 Å². The van der Waals surface area contributed by atoms with Crippen molar-refractivity contribution in [3.8, 4) is 5.75 Å². The van der Waals surface area contributed by atoms with E-state index < -0.39 is 10.0 Å². The first-order valence-corrected chi connectivity index (χ1v) is 10.8. The van der Waals surface area contributed by atoms with E-state index in [9.17, 15) is 13.2 Å². The first kappa shape index (κ1) is 20.1. The molecule has 2 aromatic rings. The Morgan fingerprint density at radius 1 is 1.12 bits per heavy atom. The molecule has 0 unspecified atom stereocenters. The number of nitrogens with zero attached hydrogens (tertiary/aromatic N) is 1. The minimum atomic E-state index is -3.93. The van der Waals surface area contributed by atoms with E-state index in [0.29, 0.717) is 18.0 Å². The number of thioether (sulfide) groups is 1. The third-order valence-electron chi connectivity index (χ3n) is 3.60. The molecule has 0 aliphatic carbocycles. The lowest BCUT2D eigenvalue weighted by Gasteiger charge is -2.25. The van der Waals surface area contributed by atoms with Crippen LogP contribution >= 0.6 is 11.8 Å². The number of carbonyl (C=O) groups is 1. The summed E-state index contributed by atoms with van der Waals surface area (Å²) in [5.41, 5.74) is 0.318. The number of benzene rings is 2. The van der Waals surface area contributed by atoms with Gasteiger partial charge in [-0.2, -0.15) is 11.8 Å². The number of rotatable bonds is 9. The maximum absolute atomic E-state index is 13.2. The van der Waals surface area contributed by atoms with Gasteiger partial charge in [-0.3, -0.25) is 9.10 Å². The van der Waals surface area contributed by atoms with E-state index in [1.165, 1.54) is 19.2 Å². The summed E-state index contributed by atoms with van der Waals surface area (Å²) in [6, 6.07) is 14.8. The summed E-state index contributed by atoms with van der Waals surface area (Å²) >= 11 is 1.60. The highest BCUT2D eigenvalue weighted by Crippen LogP contribution is 2.31. The molecule has 0 saturated carbocycles. The third kappa shape index (κ3) is 4.92. The fraction of sp³-hybridized carbons (Fsp3) is 0.278. The molecule has 1 N–H and O–H groups in total. The van der Waals surface area contributed by atoms with Gasteiger partial charge >= 0.3 is 0 Å². The Labute approximate surface area is 158 Å². The molecule has 0 heterocycles. The summed E-state index contributed by atoms with van der Waals surface area (Å²) in [7, 11) is -2.46. The van der Waals surface area contributed by atoms with Crippen molar-refractivity contribution in [2.45, 2.75) is 4.90 Å². The molecule has 0 spiro atoms. The summed E-state index contributed by atoms with van der Waals surface area (Å²) < 4.78 is 32.7. The van der Waals surface area contributed by atoms with Crippen molar-refractivity contribution in [1.29, 1.82) is 0 Å². The molecule has 0 radical (unpaired) electrons. The Kier molecular flexibility index (Phi) is 7.35. The predicted molar refractivity (Wildman–Crippen MR) is 105 cm³/mol. The summed E-state index contributed by atoms with van der Waals surface area (Å²) in [5, 5.41) is 2.74. The van der Waals surface area contributed by atoms with E-state index in [1.807, 2.05) is 6.26 Å². The van der Waals surface area contributed by atoms with Crippen molar-refractivity contribution in [3.05, 3.63) is 54.6 Å². The molecule has 0 bridgehead atoms. The molecule has 2 rings (SSSR count). The average molecular weight is 395 g/mol. The average Bonchev–Trinajstić information content (AvgIpc) is 2.67. The highest BCUT2D eigenvalue weighted by Gasteiger charge is 2.29. The number of ether oxygens (including phenoxy) is 1. The van der Waals surface area contributed by atoms with Gasteiger partial charge < -0.3 is 10.1 Å². The van der Waals surface area contributed by atoms with Gasteiger partial charge in [0.15, 0.2) is 0 Å². The zero-order valence-electron chi connectivity index (χ0n) is 14.7. The van der Waals surface area contributed by atoms with Crippen molar-refractivity contribution in [2.75, 3.05) is 36.5 Å². The molecule has 2 aromatic carbocycles. The molecule has 26 heavy (non-hydrogen) atoms. The van der Waals surface area contributed by atoms with Gasteiger partial charge in [-0.25, -0.2) is 8.42 Å². The first-order valence-electron chi connectivity index (χ1n) is 7.97. The van der Waals surface area contributed by atoms with Crippen LogP contribution in [0.3, 0.4) is 0 Å². The van der Waals surface area contributed by atoms with Crippen molar-refractivity contribution in [3.63, 3.8) is 0 Å². The van der Waals surface area contributed by atoms with Gasteiger partial charge in [-0.05, 0) is 30.5 Å². The Morgan fingerprint density at radius 3 is 2.42 bits per heavy atom. The normalized spacial score (nSPS) is 11.0. The van der Waals surface area contributed by atoms with Crippen molar-refractivity contribution >= 4 is 33.4 Å². The number of anilines is 1. The summed E-state index contributed by atoms with van der Waals surface area (Å²) in [6.07, 6.45) is 1.94. The lowest BCUT2D eigenvalue weighted by molar-refractivity contribution is -0.119. The maximum atomic E-state index is 13.2. The first-order chi connectivity index (χ1) is 12.5. The van der Waals surface area contributed by atoms with Crippen LogP contribution in [0.2, 0.25) is 0 Å². The van der Waals surface area contributed by atoms with Gasteiger partial charge in [-0.15, -0.1) is 0 Å². The monoisotopic (exact) mass is 394 g/mol. The molecule has 0 saturated heterocycles. The van der Waals surface area contributed by atoms with Gasteiger partial charge in [0.2, 0.25) is 5.91 Å². The van der Waals surface area contributed by atoms with Crippen LogP contribution in [0.25, 0.3) is 0 Å². The highest BCUT2D eigenvalue weighted by molar-refractivity contribution is 7.98. The summed E-state index contributed by atoms with van der Waals surface area (Å²) in [4.78, 5) is 12.4. The maximum Gasteiger partial charge on any atom is 0.264 e. The number of sulfonamides is 1. The second-order valence-electron chi connectivity index (χ2n) is 5.34. The van der Waals surface area contributed by atoms with Gasteiger partial charge in [0, 0.05) is 12.3 Å². The van der Waals surface area contributed by atoms with Crippen LogP contribution in [0, 0.1) is 0 Å². The number of hydrogen-bond acceptors (Lipinski definition) is 5. The van der Waals surface area contributed by atoms with Crippen LogP contribution in [0.1, 0.15) is 0 Å². The van der Waals surface area contributed by atoms with Crippen molar-refractivity contribution < 1.29 is 17.9 Å². The zero-order valence-corrected chi connectivity index (χ0v) is 16.3. The Bertz CT molecular complexity index is 826. The quantitative estimate of drug-likeness (QED) is 0.661. The Hall–Kier alpha value is -2.19. The lowest BCUT2D eigenvalue weighted by Crippen LogP contribution is -2.41. The highest BCUT2D eigenvalue weighted by atomic mass is 32.2. The standard InChI is InChI=1S/C18H22N2O4S2/c1-24-17-11-7-6-10-16(17)20(14-18(21)19-12-13-25-2)26(22,23)15-8-4-3-5-9-15/h3-11H,12-14H2,1-2H3,(H,19,21). The van der Waals surface area contributed by atoms with Crippen molar-refractivity contribution in [2.24, 2.45) is 0 Å². The van der Waals surface area contributed by atoms with Gasteiger partial charge in [0.1, 0.15) is 12.3 Å². The van der Waals surface area contributed by atoms with Gasteiger partial charge in [0.05, 0.1) is 17.7 Å². The summed E-state index contributed by atoms with van der Waals surface area (Å²) in [5.74, 6) is 0.764. The molecular formula is C18H22N2O4S2. The second kappa shape index (κ2) is 9.49. The minimum Gasteiger partial charge on any atom is -0.495 e. The molecule has 0 fully saturated rings. The van der Waals surface area contributed by atoms with Gasteiger partial charge in [-0.1, -0.05) is 30.3 Å². The van der Waals surface area contributed by atoms with Crippen LogP contribution in [-0.2, 0) is 14.8 Å². The Balaban J connectivity index is 2.40. The van der Waals surface area contributed by atoms with E-state index in [-0.39, 0.29) is 17.3 Å². The van der Waals surface area contributed by atoms with E-state index in [2.05, 4.69) is 5.32 Å². The molecule has 1 amide bonds. The molecule has 0 aliphatic rings. The number of methoxy groups -OCH3 is 1. The molecule has 0 aromatic heterocycles. The number of amides is 1. The molecule has 140 valence electrons. The van der Waals surface area contributed by atoms with Crippen molar-refractivity contribution in [1.82, 2.24) is 5.32 Å². The molecule has 0 aliphatic heterocycles. The van der Waals surface area contributed by atoms with Crippen LogP contribution in [0.5, 0.6) is 5.75 Å². The minimum absolute atomic E-state index is 0.114. The van der Waals surface area contributed by atoms with E-state index in [4.69, 9.17) is 4.74 Å². The number of nitrogens with one attached hydrogen (secondary N) is 1. The van der Waals surface area contributed by atoms with Crippen LogP contribution in [0.15, 0.2) is 59.5 Å². The topological polar surface area (TPSA) is 75.7 Å². The zero-order chi connectivity index (χ0) is 19.0. The number of carbonyl (C=O) groups excluding carboxylic acids is 1. The molecule has 8 heteroatoms. The smallest absolute Gasteiger partial charge is 0.264 e. The number of hydrogen-bond donors (Lipinski definition) is 1. The lowest BCUT2D eigenvalue weighted by atomic mass is 10.3. The third-order valence-corrected chi connectivity index (χ3v) is 5.99. The van der Waals surface area contributed by atoms with E-state index in [1.54, 1.807) is 54.2 Å². The molecular weight excluding hydrogens is 372 g/mol. The fourth-order valence-electron chi connectivity index (χ4n) is 2.33. The van der Waals surface area contributed by atoms with Crippen LogP contribution < -0.4 is 14.4 Å². The second-order valence-corrected chi connectivity index (χ2v) is 8.19. The predicted octanol–water partition coefficient (Wildman–Crippen LogP) is 2.37. The van der Waals surface area contributed by atoms with E-state index >= 15 is 0 Å². The number of para-hydroxylation sites is 2. The largest absolute Gasteiger partial charge is 0.495 e.